The molecule has 0 amide bonds. The third-order valence-corrected chi connectivity index (χ3v) is 5.76. The van der Waals surface area contributed by atoms with Gasteiger partial charge in [-0.25, -0.2) is 0 Å². The van der Waals surface area contributed by atoms with Gasteiger partial charge in [0.2, 0.25) is 0 Å². The van der Waals surface area contributed by atoms with Crippen LogP contribution >= 0.6 is 0 Å². The van der Waals surface area contributed by atoms with Crippen LogP contribution in [0.5, 0.6) is 0 Å². The summed E-state index contributed by atoms with van der Waals surface area (Å²) in [5.41, 5.74) is 0.859. The van der Waals surface area contributed by atoms with Gasteiger partial charge in [0.25, 0.3) is 0 Å². The maximum absolute atomic E-state index is 11.7. The molecule has 100 valence electrons. The number of hydrogen-bond donors (Lipinski definition) is 1. The van der Waals surface area contributed by atoms with Crippen molar-refractivity contribution in [2.45, 2.75) is 57.7 Å². The van der Waals surface area contributed by atoms with Crippen molar-refractivity contribution in [2.24, 2.45) is 11.3 Å². The molecule has 0 radical (unpaired) electrons. The van der Waals surface area contributed by atoms with Gasteiger partial charge in [0.1, 0.15) is 11.2 Å². The Labute approximate surface area is 108 Å². The van der Waals surface area contributed by atoms with Crippen LogP contribution < -0.4 is 0 Å². The monoisotopic (exact) mass is 250 g/mol. The molecular weight excluding hydrogens is 228 g/mol. The van der Waals surface area contributed by atoms with E-state index in [4.69, 9.17) is 4.74 Å². The number of allylic oxidation sites excluding steroid dienone is 2. The van der Waals surface area contributed by atoms with Crippen LogP contribution in [-0.4, -0.2) is 28.7 Å². The van der Waals surface area contributed by atoms with Crippen LogP contribution in [0.2, 0.25) is 0 Å². The minimum atomic E-state index is -0.358. The van der Waals surface area contributed by atoms with Crippen LogP contribution in [0.3, 0.4) is 0 Å². The summed E-state index contributed by atoms with van der Waals surface area (Å²) >= 11 is 0. The Morgan fingerprint density at radius 2 is 2.22 bits per heavy atom. The Hall–Kier alpha value is -0.670. The average molecular weight is 250 g/mol. The Kier molecular flexibility index (Phi) is 2.37. The molecule has 1 saturated carbocycles. The fraction of sp³-hybridized carbons (Fsp3) is 0.800. The lowest BCUT2D eigenvalue weighted by Gasteiger charge is -2.46. The standard InChI is InChI=1S/C15H22O3/c1-10-6-12(17)7-11-4-5-15(8-13(10,11)2)14(3,9-16)18-15/h7,10,16H,4-6,8-9H2,1-3H3/t10-,13+,14?,15?/m1/s1. The smallest absolute Gasteiger partial charge is 0.155 e. The van der Waals surface area contributed by atoms with Gasteiger partial charge in [-0.15, -0.1) is 0 Å². The van der Waals surface area contributed by atoms with Gasteiger partial charge < -0.3 is 9.84 Å². The molecule has 4 atom stereocenters. The van der Waals surface area contributed by atoms with E-state index in [2.05, 4.69) is 13.8 Å². The first-order valence-corrected chi connectivity index (χ1v) is 6.90. The van der Waals surface area contributed by atoms with Gasteiger partial charge in [-0.1, -0.05) is 19.4 Å². The summed E-state index contributed by atoms with van der Waals surface area (Å²) in [5.74, 6) is 0.641. The molecular formula is C15H22O3. The molecule has 3 rings (SSSR count). The van der Waals surface area contributed by atoms with Crippen molar-refractivity contribution < 1.29 is 14.6 Å². The first-order valence-electron chi connectivity index (χ1n) is 6.90. The molecule has 0 aromatic rings. The molecule has 3 heteroatoms. The summed E-state index contributed by atoms with van der Waals surface area (Å²) < 4.78 is 5.91. The summed E-state index contributed by atoms with van der Waals surface area (Å²) in [7, 11) is 0. The van der Waals surface area contributed by atoms with Crippen LogP contribution in [0.25, 0.3) is 0 Å². The summed E-state index contributed by atoms with van der Waals surface area (Å²) in [6, 6.07) is 0. The quantitative estimate of drug-likeness (QED) is 0.726. The van der Waals surface area contributed by atoms with E-state index in [1.54, 1.807) is 0 Å². The highest BCUT2D eigenvalue weighted by Gasteiger charge is 2.70. The molecule has 1 aliphatic heterocycles. The highest BCUT2D eigenvalue weighted by molar-refractivity contribution is 5.92. The van der Waals surface area contributed by atoms with Crippen LogP contribution in [0.1, 0.15) is 46.5 Å². The van der Waals surface area contributed by atoms with E-state index < -0.39 is 0 Å². The molecule has 3 aliphatic rings. The maximum atomic E-state index is 11.7. The molecule has 3 nitrogen and oxygen atoms in total. The SMILES string of the molecule is C[C@@H]1CC(=O)C=C2CCC3(C[C@]21C)OC3(C)CO. The molecule has 1 spiro atoms. The third kappa shape index (κ3) is 1.41. The van der Waals surface area contributed by atoms with E-state index in [0.29, 0.717) is 12.3 Å². The van der Waals surface area contributed by atoms with Gasteiger partial charge in [-0.3, -0.25) is 4.79 Å². The molecule has 2 fully saturated rings. The van der Waals surface area contributed by atoms with E-state index in [0.717, 1.165) is 19.3 Å². The summed E-state index contributed by atoms with van der Waals surface area (Å²) in [4.78, 5) is 11.7. The van der Waals surface area contributed by atoms with Crippen LogP contribution in [0.15, 0.2) is 11.6 Å². The second-order valence-electron chi connectivity index (χ2n) is 6.82. The van der Waals surface area contributed by atoms with Crippen molar-refractivity contribution in [3.63, 3.8) is 0 Å². The molecule has 1 heterocycles. The van der Waals surface area contributed by atoms with Crippen molar-refractivity contribution in [3.8, 4) is 0 Å². The zero-order valence-electron chi connectivity index (χ0n) is 11.5. The van der Waals surface area contributed by atoms with Crippen molar-refractivity contribution >= 4 is 5.78 Å². The lowest BCUT2D eigenvalue weighted by atomic mass is 9.56. The number of epoxide rings is 1. The van der Waals surface area contributed by atoms with E-state index in [9.17, 15) is 9.90 Å². The maximum Gasteiger partial charge on any atom is 0.155 e. The minimum absolute atomic E-state index is 0.0685. The molecule has 2 aliphatic carbocycles. The van der Waals surface area contributed by atoms with Gasteiger partial charge in [0.15, 0.2) is 5.78 Å². The molecule has 0 aromatic carbocycles. The lowest BCUT2D eigenvalue weighted by molar-refractivity contribution is -0.117. The third-order valence-electron chi connectivity index (χ3n) is 5.76. The first kappa shape index (κ1) is 12.4. The Bertz CT molecular complexity index is 441. The molecule has 1 N–H and O–H groups in total. The zero-order chi connectivity index (χ0) is 13.2. The van der Waals surface area contributed by atoms with E-state index in [1.807, 2.05) is 13.0 Å². The second-order valence-corrected chi connectivity index (χ2v) is 6.82. The van der Waals surface area contributed by atoms with Crippen molar-refractivity contribution in [3.05, 3.63) is 11.6 Å². The topological polar surface area (TPSA) is 49.8 Å². The van der Waals surface area contributed by atoms with Gasteiger partial charge in [-0.05, 0) is 43.6 Å². The van der Waals surface area contributed by atoms with Crippen molar-refractivity contribution in [1.82, 2.24) is 0 Å². The fourth-order valence-corrected chi connectivity index (χ4v) is 4.05. The number of ketones is 1. The van der Waals surface area contributed by atoms with Crippen LogP contribution in [-0.2, 0) is 9.53 Å². The number of ether oxygens (including phenoxy) is 1. The summed E-state index contributed by atoms with van der Waals surface area (Å²) in [6.45, 7) is 6.53. The van der Waals surface area contributed by atoms with Gasteiger partial charge in [-0.2, -0.15) is 0 Å². The first-order chi connectivity index (χ1) is 8.35. The fourth-order valence-electron chi connectivity index (χ4n) is 4.05. The number of rotatable bonds is 1. The highest BCUT2D eigenvalue weighted by atomic mass is 16.6. The molecule has 2 unspecified atom stereocenters. The molecule has 0 aromatic heterocycles. The number of aliphatic hydroxyl groups is 1. The average Bonchev–Trinajstić information content (AvgIpc) is 2.87. The molecule has 18 heavy (non-hydrogen) atoms. The van der Waals surface area contributed by atoms with Crippen molar-refractivity contribution in [2.75, 3.05) is 6.61 Å². The highest BCUT2D eigenvalue weighted by Crippen LogP contribution is 2.64. The van der Waals surface area contributed by atoms with Gasteiger partial charge >= 0.3 is 0 Å². The van der Waals surface area contributed by atoms with E-state index >= 15 is 0 Å². The largest absolute Gasteiger partial charge is 0.393 e. The Morgan fingerprint density at radius 1 is 1.50 bits per heavy atom. The van der Waals surface area contributed by atoms with Gasteiger partial charge in [0.05, 0.1) is 6.61 Å². The minimum Gasteiger partial charge on any atom is -0.393 e. The predicted octanol–water partition coefficient (Wildman–Crippen LogP) is 2.23. The summed E-state index contributed by atoms with van der Waals surface area (Å²) in [5, 5.41) is 9.48. The number of carbonyl (C=O) groups excluding carboxylic acids is 1. The predicted molar refractivity (Wildman–Crippen MR) is 68.1 cm³/mol. The number of fused-ring (bicyclic) bond motifs is 1. The van der Waals surface area contributed by atoms with E-state index in [1.165, 1.54) is 5.57 Å². The number of hydrogen-bond acceptors (Lipinski definition) is 3. The Morgan fingerprint density at radius 3 is 2.83 bits per heavy atom. The normalized spacial score (nSPS) is 51.0. The van der Waals surface area contributed by atoms with Gasteiger partial charge in [0, 0.05) is 6.42 Å². The van der Waals surface area contributed by atoms with Crippen molar-refractivity contribution in [1.29, 1.82) is 0 Å². The van der Waals surface area contributed by atoms with Crippen LogP contribution in [0.4, 0.5) is 0 Å². The Balaban J connectivity index is 1.92. The van der Waals surface area contributed by atoms with E-state index in [-0.39, 0.29) is 29.0 Å². The van der Waals surface area contributed by atoms with Crippen LogP contribution in [0, 0.1) is 11.3 Å². The number of aliphatic hydroxyl groups excluding tert-OH is 1. The molecule has 0 bridgehead atoms. The summed E-state index contributed by atoms with van der Waals surface area (Å²) in [6.07, 6.45) is 5.32. The second kappa shape index (κ2) is 3.45. The molecule has 1 saturated heterocycles. The number of carbonyl (C=O) groups is 1. The lowest BCUT2D eigenvalue weighted by Crippen LogP contribution is -2.44. The zero-order valence-corrected chi connectivity index (χ0v) is 11.5.